The van der Waals surface area contributed by atoms with Crippen LogP contribution < -0.4 is 15.2 Å². The third-order valence-corrected chi connectivity index (χ3v) is 4.55. The van der Waals surface area contributed by atoms with Crippen molar-refractivity contribution in [1.82, 2.24) is 19.5 Å². The lowest BCUT2D eigenvalue weighted by molar-refractivity contribution is -0.0511. The second-order valence-electron chi connectivity index (χ2n) is 6.45. The zero-order valence-electron chi connectivity index (χ0n) is 15.3. The first-order chi connectivity index (χ1) is 14.1. The standard InChI is InChI=1S/C18H21N5O6/c19-15-12-16(23(9-20-12)17-14(26)13(25)11(8-24)29-17)22-18(21-15)28-7-6-27-10-4-2-1-3-5-10/h1-5,9,11,13-14,17,24-26H,6-8H2,(H2,19,21,22)/t11-,13-,14-,17-/m1/s1. The number of benzene rings is 1. The molecule has 0 spiro atoms. The highest BCUT2D eigenvalue weighted by atomic mass is 16.6. The van der Waals surface area contributed by atoms with Crippen molar-refractivity contribution in [2.75, 3.05) is 25.6 Å². The number of hydrogen-bond acceptors (Lipinski definition) is 10. The fourth-order valence-corrected chi connectivity index (χ4v) is 3.09. The summed E-state index contributed by atoms with van der Waals surface area (Å²) in [5, 5.41) is 29.5. The van der Waals surface area contributed by atoms with Gasteiger partial charge >= 0.3 is 6.01 Å². The highest BCUT2D eigenvalue weighted by Gasteiger charge is 2.44. The molecular weight excluding hydrogens is 382 g/mol. The Morgan fingerprint density at radius 2 is 1.83 bits per heavy atom. The van der Waals surface area contributed by atoms with Crippen molar-refractivity contribution in [2.24, 2.45) is 0 Å². The molecule has 3 heterocycles. The lowest BCUT2D eigenvalue weighted by atomic mass is 10.1. The molecule has 0 unspecified atom stereocenters. The van der Waals surface area contributed by atoms with Gasteiger partial charge in [0.25, 0.3) is 0 Å². The van der Waals surface area contributed by atoms with Crippen molar-refractivity contribution in [3.05, 3.63) is 36.7 Å². The second kappa shape index (κ2) is 8.17. The molecule has 4 rings (SSSR count). The van der Waals surface area contributed by atoms with Crippen LogP contribution in [0.25, 0.3) is 11.2 Å². The molecule has 0 amide bonds. The number of nitrogens with zero attached hydrogens (tertiary/aromatic N) is 4. The number of anilines is 1. The van der Waals surface area contributed by atoms with Crippen LogP contribution in [0.4, 0.5) is 5.82 Å². The number of nitrogen functional groups attached to an aromatic ring is 1. The van der Waals surface area contributed by atoms with Gasteiger partial charge in [-0.1, -0.05) is 18.2 Å². The smallest absolute Gasteiger partial charge is 0.320 e. The van der Waals surface area contributed by atoms with Crippen molar-refractivity contribution in [1.29, 1.82) is 0 Å². The third kappa shape index (κ3) is 3.80. The van der Waals surface area contributed by atoms with Crippen LogP contribution in [-0.2, 0) is 4.74 Å². The highest BCUT2D eigenvalue weighted by Crippen LogP contribution is 2.32. The first kappa shape index (κ1) is 19.3. The zero-order chi connectivity index (χ0) is 20.4. The summed E-state index contributed by atoms with van der Waals surface area (Å²) in [5.74, 6) is 0.814. The molecule has 154 valence electrons. The molecule has 11 nitrogen and oxygen atoms in total. The van der Waals surface area contributed by atoms with Gasteiger partial charge in [0.15, 0.2) is 23.2 Å². The number of hydrogen-bond donors (Lipinski definition) is 4. The van der Waals surface area contributed by atoms with Gasteiger partial charge in [-0.2, -0.15) is 9.97 Å². The van der Waals surface area contributed by atoms with Gasteiger partial charge in [0.1, 0.15) is 37.3 Å². The van der Waals surface area contributed by atoms with E-state index in [1.165, 1.54) is 10.9 Å². The van der Waals surface area contributed by atoms with E-state index in [-0.39, 0.29) is 30.7 Å². The second-order valence-corrected chi connectivity index (χ2v) is 6.45. The molecule has 11 heteroatoms. The van der Waals surface area contributed by atoms with E-state index in [0.29, 0.717) is 5.52 Å². The van der Waals surface area contributed by atoms with Gasteiger partial charge in [-0.05, 0) is 12.1 Å². The summed E-state index contributed by atoms with van der Waals surface area (Å²) in [4.78, 5) is 12.5. The maximum absolute atomic E-state index is 10.3. The number of rotatable bonds is 7. The summed E-state index contributed by atoms with van der Waals surface area (Å²) >= 11 is 0. The summed E-state index contributed by atoms with van der Waals surface area (Å²) < 4.78 is 18.0. The lowest BCUT2D eigenvalue weighted by Crippen LogP contribution is -2.33. The normalized spacial score (nSPS) is 24.1. The molecule has 0 bridgehead atoms. The molecule has 0 radical (unpaired) electrons. The zero-order valence-corrected chi connectivity index (χ0v) is 15.3. The molecule has 3 aromatic rings. The monoisotopic (exact) mass is 403 g/mol. The van der Waals surface area contributed by atoms with Crippen LogP contribution in [0.3, 0.4) is 0 Å². The molecule has 5 N–H and O–H groups in total. The number of aliphatic hydroxyl groups excluding tert-OH is 3. The van der Waals surface area contributed by atoms with Crippen LogP contribution >= 0.6 is 0 Å². The summed E-state index contributed by atoms with van der Waals surface area (Å²) in [7, 11) is 0. The van der Waals surface area contributed by atoms with Crippen molar-refractivity contribution >= 4 is 17.0 Å². The van der Waals surface area contributed by atoms with Crippen molar-refractivity contribution < 1.29 is 29.5 Å². The topological polar surface area (TPSA) is 158 Å². The molecule has 29 heavy (non-hydrogen) atoms. The molecule has 4 atom stereocenters. The van der Waals surface area contributed by atoms with E-state index in [0.717, 1.165) is 5.75 Å². The first-order valence-electron chi connectivity index (χ1n) is 9.01. The van der Waals surface area contributed by atoms with Crippen LogP contribution in [-0.4, -0.2) is 73.0 Å². The summed E-state index contributed by atoms with van der Waals surface area (Å²) in [6.45, 7) is 0.0233. The lowest BCUT2D eigenvalue weighted by Gasteiger charge is -2.16. The maximum atomic E-state index is 10.3. The Hall–Kier alpha value is -2.99. The van der Waals surface area contributed by atoms with Gasteiger partial charge in [0.2, 0.25) is 0 Å². The van der Waals surface area contributed by atoms with Crippen LogP contribution in [0.5, 0.6) is 11.8 Å². The van der Waals surface area contributed by atoms with Gasteiger partial charge in [-0.15, -0.1) is 0 Å². The van der Waals surface area contributed by atoms with Gasteiger partial charge in [-0.3, -0.25) is 4.57 Å². The summed E-state index contributed by atoms with van der Waals surface area (Å²) in [5.41, 5.74) is 6.52. The van der Waals surface area contributed by atoms with Crippen molar-refractivity contribution in [2.45, 2.75) is 24.5 Å². The Morgan fingerprint density at radius 1 is 1.07 bits per heavy atom. The molecule has 1 fully saturated rings. The third-order valence-electron chi connectivity index (χ3n) is 4.55. The van der Waals surface area contributed by atoms with E-state index in [9.17, 15) is 15.3 Å². The largest absolute Gasteiger partial charge is 0.490 e. The number of fused-ring (bicyclic) bond motifs is 1. The minimum absolute atomic E-state index is 0.0140. The Kier molecular flexibility index (Phi) is 5.45. The molecule has 0 saturated carbocycles. The molecule has 2 aromatic heterocycles. The van der Waals surface area contributed by atoms with Gasteiger partial charge < -0.3 is 35.3 Å². The van der Waals surface area contributed by atoms with E-state index in [1.54, 1.807) is 0 Å². The number of nitrogens with two attached hydrogens (primary N) is 1. The van der Waals surface area contributed by atoms with E-state index < -0.39 is 31.1 Å². The molecule has 1 aliphatic rings. The number of imidazole rings is 1. The average Bonchev–Trinajstić information content (AvgIpc) is 3.28. The SMILES string of the molecule is Nc1nc(OCCOc2ccccc2)nc2c1ncn2[C@@H]1O[C@H](CO)[C@@H](O)[C@H]1O. The number of ether oxygens (including phenoxy) is 3. The highest BCUT2D eigenvalue weighted by molar-refractivity contribution is 5.82. The van der Waals surface area contributed by atoms with Crippen molar-refractivity contribution in [3.63, 3.8) is 0 Å². The predicted molar refractivity (Wildman–Crippen MR) is 100 cm³/mol. The molecule has 1 aliphatic heterocycles. The summed E-state index contributed by atoms with van der Waals surface area (Å²) in [6.07, 6.45) is -3.05. The van der Waals surface area contributed by atoms with Crippen LogP contribution in [0, 0.1) is 0 Å². The molecule has 1 aromatic carbocycles. The maximum Gasteiger partial charge on any atom is 0.320 e. The predicted octanol–water partition coefficient (Wildman–Crippen LogP) is -0.522. The molecule has 1 saturated heterocycles. The fraction of sp³-hybridized carbons (Fsp3) is 0.389. The Bertz CT molecular complexity index is 968. The minimum Gasteiger partial charge on any atom is -0.490 e. The number of para-hydroxylation sites is 1. The molecular formula is C18H21N5O6. The van der Waals surface area contributed by atoms with E-state index in [4.69, 9.17) is 19.9 Å². The first-order valence-corrected chi connectivity index (χ1v) is 9.01. The summed E-state index contributed by atoms with van der Waals surface area (Å²) in [6, 6.07) is 9.31. The van der Waals surface area contributed by atoms with Crippen LogP contribution in [0.15, 0.2) is 36.7 Å². The van der Waals surface area contributed by atoms with E-state index >= 15 is 0 Å². The van der Waals surface area contributed by atoms with Gasteiger partial charge in [0, 0.05) is 0 Å². The van der Waals surface area contributed by atoms with Crippen LogP contribution in [0.2, 0.25) is 0 Å². The average molecular weight is 403 g/mol. The Balaban J connectivity index is 1.49. The quantitative estimate of drug-likeness (QED) is 0.378. The van der Waals surface area contributed by atoms with E-state index in [2.05, 4.69) is 15.0 Å². The number of aliphatic hydroxyl groups is 3. The number of aromatic nitrogens is 4. The molecule has 0 aliphatic carbocycles. The van der Waals surface area contributed by atoms with Gasteiger partial charge in [-0.25, -0.2) is 4.98 Å². The Labute approximate surface area is 165 Å². The Morgan fingerprint density at radius 3 is 2.55 bits per heavy atom. The fourth-order valence-electron chi connectivity index (χ4n) is 3.09. The van der Waals surface area contributed by atoms with Gasteiger partial charge in [0.05, 0.1) is 12.9 Å². The van der Waals surface area contributed by atoms with E-state index in [1.807, 2.05) is 30.3 Å². The minimum atomic E-state index is -1.27. The van der Waals surface area contributed by atoms with Crippen molar-refractivity contribution in [3.8, 4) is 11.8 Å². The van der Waals surface area contributed by atoms with Crippen LogP contribution in [0.1, 0.15) is 6.23 Å².